The van der Waals surface area contributed by atoms with E-state index in [1.807, 2.05) is 13.0 Å². The lowest BCUT2D eigenvalue weighted by molar-refractivity contribution is 0.0697. The Bertz CT molecular complexity index is 582. The molecule has 1 N–H and O–H groups in total. The third kappa shape index (κ3) is 2.67. The number of aryl methyl sites for hydroxylation is 2. The van der Waals surface area contributed by atoms with Crippen LogP contribution in [-0.2, 0) is 12.8 Å². The molecule has 0 saturated heterocycles. The number of nitrogens with zero attached hydrogens (tertiary/aromatic N) is 4. The number of thioether (sulfide) groups is 1. The predicted molar refractivity (Wildman–Crippen MR) is 66.5 cm³/mol. The second-order valence-corrected chi connectivity index (χ2v) is 4.76. The maximum Gasteiger partial charge on any atom is 0.335 e. The lowest BCUT2D eigenvalue weighted by atomic mass is 10.1. The van der Waals surface area contributed by atoms with Gasteiger partial charge in [0.05, 0.1) is 5.56 Å². The van der Waals surface area contributed by atoms with Gasteiger partial charge in [0.2, 0.25) is 5.16 Å². The molecule has 0 unspecified atom stereocenters. The zero-order valence-electron chi connectivity index (χ0n) is 9.99. The molecular formula is C11H12N4O2S. The Morgan fingerprint density at radius 2 is 2.28 bits per heavy atom. The summed E-state index contributed by atoms with van der Waals surface area (Å²) >= 11 is 1.51. The number of hydrogen-bond acceptors (Lipinski definition) is 5. The summed E-state index contributed by atoms with van der Waals surface area (Å²) in [7, 11) is 1.78. The molecule has 1 aromatic carbocycles. The average molecular weight is 264 g/mol. The number of carboxylic acid groups (broad SMARTS) is 1. The number of aromatic nitrogens is 4. The number of rotatable bonds is 4. The van der Waals surface area contributed by atoms with E-state index < -0.39 is 5.97 Å². The van der Waals surface area contributed by atoms with Crippen LogP contribution in [0.3, 0.4) is 0 Å². The number of carbonyl (C=O) groups is 1. The van der Waals surface area contributed by atoms with Crippen LogP contribution in [0.4, 0.5) is 0 Å². The molecular weight excluding hydrogens is 252 g/mol. The molecule has 0 atom stereocenters. The summed E-state index contributed by atoms with van der Waals surface area (Å²) in [5.41, 5.74) is 2.34. The second kappa shape index (κ2) is 5.18. The highest BCUT2D eigenvalue weighted by atomic mass is 32.2. The van der Waals surface area contributed by atoms with Crippen LogP contribution in [0.5, 0.6) is 0 Å². The lowest BCUT2D eigenvalue weighted by Gasteiger charge is -2.05. The number of benzene rings is 1. The molecule has 0 aliphatic rings. The van der Waals surface area contributed by atoms with Gasteiger partial charge in [-0.05, 0) is 40.6 Å². The van der Waals surface area contributed by atoms with Crippen LogP contribution in [-0.4, -0.2) is 31.3 Å². The van der Waals surface area contributed by atoms with Crippen LogP contribution in [0.25, 0.3) is 0 Å². The van der Waals surface area contributed by atoms with E-state index in [0.29, 0.717) is 11.3 Å². The molecule has 0 saturated carbocycles. The summed E-state index contributed by atoms with van der Waals surface area (Å²) in [6.45, 7) is 1.90. The molecule has 0 bridgehead atoms. The second-order valence-electron chi connectivity index (χ2n) is 3.82. The Kier molecular flexibility index (Phi) is 3.61. The lowest BCUT2D eigenvalue weighted by Crippen LogP contribution is -1.99. The Labute approximate surface area is 108 Å². The van der Waals surface area contributed by atoms with Gasteiger partial charge < -0.3 is 5.11 Å². The minimum Gasteiger partial charge on any atom is -0.478 e. The van der Waals surface area contributed by atoms with Crippen molar-refractivity contribution in [1.29, 1.82) is 0 Å². The van der Waals surface area contributed by atoms with Crippen LogP contribution in [0.1, 0.15) is 21.5 Å². The molecule has 2 aromatic rings. The van der Waals surface area contributed by atoms with E-state index in [1.54, 1.807) is 23.9 Å². The minimum absolute atomic E-state index is 0.307. The highest BCUT2D eigenvalue weighted by Crippen LogP contribution is 2.22. The Hall–Kier alpha value is -1.89. The van der Waals surface area contributed by atoms with Crippen molar-refractivity contribution in [1.82, 2.24) is 20.2 Å². The van der Waals surface area contributed by atoms with Gasteiger partial charge in [0.1, 0.15) is 0 Å². The first-order valence-electron chi connectivity index (χ1n) is 5.26. The van der Waals surface area contributed by atoms with Gasteiger partial charge in [-0.2, -0.15) is 0 Å². The number of carboxylic acids is 1. The zero-order chi connectivity index (χ0) is 13.1. The first kappa shape index (κ1) is 12.6. The van der Waals surface area contributed by atoms with Crippen molar-refractivity contribution in [3.05, 3.63) is 34.9 Å². The monoisotopic (exact) mass is 264 g/mol. The molecule has 7 heteroatoms. The molecule has 18 heavy (non-hydrogen) atoms. The molecule has 6 nitrogen and oxygen atoms in total. The predicted octanol–water partition coefficient (Wildman–Crippen LogP) is 1.51. The number of tetrazole rings is 1. The SMILES string of the molecule is Cc1cc(C(=O)O)ccc1CSc1nnnn1C. The third-order valence-corrected chi connectivity index (χ3v) is 3.59. The van der Waals surface area contributed by atoms with Gasteiger partial charge in [-0.25, -0.2) is 9.48 Å². The van der Waals surface area contributed by atoms with Crippen LogP contribution >= 0.6 is 11.8 Å². The summed E-state index contributed by atoms with van der Waals surface area (Å²) in [6, 6.07) is 5.11. The van der Waals surface area contributed by atoms with E-state index in [4.69, 9.17) is 5.11 Å². The van der Waals surface area contributed by atoms with Crippen LogP contribution in [0.2, 0.25) is 0 Å². The Morgan fingerprint density at radius 3 is 2.83 bits per heavy atom. The van der Waals surface area contributed by atoms with E-state index in [-0.39, 0.29) is 0 Å². The first-order chi connectivity index (χ1) is 8.58. The third-order valence-electron chi connectivity index (χ3n) is 2.53. The average Bonchev–Trinajstić information content (AvgIpc) is 2.73. The first-order valence-corrected chi connectivity index (χ1v) is 6.24. The van der Waals surface area contributed by atoms with Crippen molar-refractivity contribution in [2.45, 2.75) is 17.8 Å². The highest BCUT2D eigenvalue weighted by molar-refractivity contribution is 7.98. The molecule has 1 heterocycles. The summed E-state index contributed by atoms with van der Waals surface area (Å²) in [5.74, 6) is -0.199. The zero-order valence-corrected chi connectivity index (χ0v) is 10.8. The van der Waals surface area contributed by atoms with Gasteiger partial charge in [-0.3, -0.25) is 0 Å². The van der Waals surface area contributed by atoms with Crippen molar-refractivity contribution in [3.63, 3.8) is 0 Å². The fourth-order valence-corrected chi connectivity index (χ4v) is 2.40. The smallest absolute Gasteiger partial charge is 0.335 e. The quantitative estimate of drug-likeness (QED) is 0.843. The van der Waals surface area contributed by atoms with Crippen molar-refractivity contribution in [3.8, 4) is 0 Å². The van der Waals surface area contributed by atoms with E-state index in [2.05, 4.69) is 15.5 Å². The van der Waals surface area contributed by atoms with Crippen LogP contribution in [0.15, 0.2) is 23.4 Å². The van der Waals surface area contributed by atoms with Crippen molar-refractivity contribution >= 4 is 17.7 Å². The van der Waals surface area contributed by atoms with Gasteiger partial charge in [-0.15, -0.1) is 5.10 Å². The van der Waals surface area contributed by atoms with Crippen LogP contribution in [0, 0.1) is 6.92 Å². The normalized spacial score (nSPS) is 10.6. The van der Waals surface area contributed by atoms with Crippen molar-refractivity contribution in [2.24, 2.45) is 7.05 Å². The number of hydrogen-bond donors (Lipinski definition) is 1. The van der Waals surface area contributed by atoms with E-state index in [9.17, 15) is 4.79 Å². The molecule has 94 valence electrons. The topological polar surface area (TPSA) is 80.9 Å². The molecule has 0 radical (unpaired) electrons. The molecule has 0 aliphatic carbocycles. The summed E-state index contributed by atoms with van der Waals surface area (Å²) < 4.78 is 1.60. The Balaban J connectivity index is 2.11. The minimum atomic E-state index is -0.908. The van der Waals surface area contributed by atoms with Gasteiger partial charge in [0.15, 0.2) is 0 Å². The van der Waals surface area contributed by atoms with Gasteiger partial charge in [-0.1, -0.05) is 17.8 Å². The molecule has 0 aliphatic heterocycles. The van der Waals surface area contributed by atoms with Gasteiger partial charge in [0.25, 0.3) is 0 Å². The molecule has 0 amide bonds. The van der Waals surface area contributed by atoms with Gasteiger partial charge >= 0.3 is 5.97 Å². The molecule has 0 spiro atoms. The summed E-state index contributed by atoms with van der Waals surface area (Å²) in [6.07, 6.45) is 0. The number of aromatic carboxylic acids is 1. The fourth-order valence-electron chi connectivity index (χ4n) is 1.48. The highest BCUT2D eigenvalue weighted by Gasteiger charge is 2.08. The maximum atomic E-state index is 10.8. The Morgan fingerprint density at radius 1 is 1.50 bits per heavy atom. The van der Waals surface area contributed by atoms with Crippen molar-refractivity contribution in [2.75, 3.05) is 0 Å². The van der Waals surface area contributed by atoms with E-state index >= 15 is 0 Å². The van der Waals surface area contributed by atoms with Gasteiger partial charge in [0, 0.05) is 12.8 Å². The molecule has 2 rings (SSSR count). The fraction of sp³-hybridized carbons (Fsp3) is 0.273. The summed E-state index contributed by atoms with van der Waals surface area (Å²) in [4.78, 5) is 10.8. The summed E-state index contributed by atoms with van der Waals surface area (Å²) in [5, 5.41) is 20.8. The van der Waals surface area contributed by atoms with E-state index in [1.165, 1.54) is 11.8 Å². The van der Waals surface area contributed by atoms with Crippen molar-refractivity contribution < 1.29 is 9.90 Å². The molecule has 1 aromatic heterocycles. The maximum absolute atomic E-state index is 10.8. The standard InChI is InChI=1S/C11H12N4O2S/c1-7-5-8(10(16)17)3-4-9(7)6-18-11-12-13-14-15(11)2/h3-5H,6H2,1-2H3,(H,16,17). The van der Waals surface area contributed by atoms with E-state index in [0.717, 1.165) is 16.3 Å². The molecule has 0 fully saturated rings. The largest absolute Gasteiger partial charge is 0.478 e. The van der Waals surface area contributed by atoms with Crippen LogP contribution < -0.4 is 0 Å².